The average Bonchev–Trinajstić information content (AvgIpc) is 2.42. The lowest BCUT2D eigenvalue weighted by molar-refractivity contribution is 0.154. The van der Waals surface area contributed by atoms with Gasteiger partial charge >= 0.3 is 0 Å². The molecular formula is C17H29ClN2O. The summed E-state index contributed by atoms with van der Waals surface area (Å²) in [6.07, 6.45) is 0. The monoisotopic (exact) mass is 312 g/mol. The van der Waals surface area contributed by atoms with Gasteiger partial charge in [-0.25, -0.2) is 0 Å². The van der Waals surface area contributed by atoms with E-state index in [1.807, 2.05) is 19.1 Å². The second-order valence-electron chi connectivity index (χ2n) is 6.13. The first-order valence-corrected chi connectivity index (χ1v) is 8.12. The molecule has 0 aliphatic carbocycles. The molecule has 3 nitrogen and oxygen atoms in total. The van der Waals surface area contributed by atoms with Crippen molar-refractivity contribution in [3.63, 3.8) is 0 Å². The average molecular weight is 313 g/mol. The number of rotatable bonds is 8. The van der Waals surface area contributed by atoms with E-state index in [0.717, 1.165) is 43.6 Å². The van der Waals surface area contributed by atoms with Crippen LogP contribution in [0.5, 0.6) is 0 Å². The molecule has 1 rings (SSSR count). The number of halogens is 1. The maximum Gasteiger partial charge on any atom is 0.0642 e. The number of hydrogen-bond acceptors (Lipinski definition) is 3. The smallest absolute Gasteiger partial charge is 0.0642 e. The Balaban J connectivity index is 2.91. The van der Waals surface area contributed by atoms with Crippen molar-refractivity contribution in [2.75, 3.05) is 31.2 Å². The van der Waals surface area contributed by atoms with Gasteiger partial charge in [0.1, 0.15) is 0 Å². The lowest BCUT2D eigenvalue weighted by Crippen LogP contribution is -2.36. The molecule has 0 heterocycles. The summed E-state index contributed by atoms with van der Waals surface area (Å²) in [7, 11) is 0. The second kappa shape index (κ2) is 8.62. The predicted octanol–water partition coefficient (Wildman–Crippen LogP) is 4.09. The van der Waals surface area contributed by atoms with Gasteiger partial charge in [-0.05, 0) is 46.2 Å². The van der Waals surface area contributed by atoms with Crippen LogP contribution in [0.3, 0.4) is 0 Å². The number of para-hydroxylation sites is 1. The second-order valence-corrected chi connectivity index (χ2v) is 6.53. The Labute approximate surface area is 134 Å². The summed E-state index contributed by atoms with van der Waals surface area (Å²) in [6, 6.07) is 6.12. The van der Waals surface area contributed by atoms with E-state index in [1.54, 1.807) is 0 Å². The zero-order chi connectivity index (χ0) is 15.9. The van der Waals surface area contributed by atoms with Gasteiger partial charge in [-0.1, -0.05) is 23.7 Å². The molecule has 1 aromatic carbocycles. The SMILES string of the molecule is CCOCCN(CC)c1c(Cl)cccc1CNC(C)(C)C. The first kappa shape index (κ1) is 18.3. The Morgan fingerprint density at radius 3 is 2.52 bits per heavy atom. The van der Waals surface area contributed by atoms with Crippen molar-refractivity contribution in [1.29, 1.82) is 0 Å². The van der Waals surface area contributed by atoms with Gasteiger partial charge in [-0.3, -0.25) is 0 Å². The molecule has 0 aliphatic rings. The molecule has 21 heavy (non-hydrogen) atoms. The molecule has 0 saturated heterocycles. The third-order valence-corrected chi connectivity index (χ3v) is 3.59. The molecule has 4 heteroatoms. The molecule has 0 spiro atoms. The van der Waals surface area contributed by atoms with E-state index in [-0.39, 0.29) is 5.54 Å². The lowest BCUT2D eigenvalue weighted by Gasteiger charge is -2.28. The minimum Gasteiger partial charge on any atom is -0.380 e. The van der Waals surface area contributed by atoms with Crippen LogP contribution in [0, 0.1) is 0 Å². The highest BCUT2D eigenvalue weighted by Gasteiger charge is 2.16. The highest BCUT2D eigenvalue weighted by Crippen LogP contribution is 2.30. The zero-order valence-electron chi connectivity index (χ0n) is 14.0. The predicted molar refractivity (Wildman–Crippen MR) is 92.4 cm³/mol. The molecule has 0 aliphatic heterocycles. The molecule has 0 atom stereocenters. The molecule has 0 radical (unpaired) electrons. The van der Waals surface area contributed by atoms with Crippen LogP contribution in [0.25, 0.3) is 0 Å². The molecule has 0 fully saturated rings. The van der Waals surface area contributed by atoms with Crippen LogP contribution in [0.1, 0.15) is 40.2 Å². The summed E-state index contributed by atoms with van der Waals surface area (Å²) in [5, 5.41) is 4.34. The largest absolute Gasteiger partial charge is 0.380 e. The van der Waals surface area contributed by atoms with E-state index in [9.17, 15) is 0 Å². The normalized spacial score (nSPS) is 11.7. The Morgan fingerprint density at radius 2 is 1.95 bits per heavy atom. The maximum atomic E-state index is 6.46. The van der Waals surface area contributed by atoms with Crippen LogP contribution >= 0.6 is 11.6 Å². The fourth-order valence-corrected chi connectivity index (χ4v) is 2.48. The van der Waals surface area contributed by atoms with Gasteiger partial charge in [0.25, 0.3) is 0 Å². The fraction of sp³-hybridized carbons (Fsp3) is 0.647. The van der Waals surface area contributed by atoms with Gasteiger partial charge in [-0.2, -0.15) is 0 Å². The first-order valence-electron chi connectivity index (χ1n) is 7.74. The third-order valence-electron chi connectivity index (χ3n) is 3.29. The molecule has 0 aromatic heterocycles. The van der Waals surface area contributed by atoms with Crippen LogP contribution in [0.4, 0.5) is 5.69 Å². The number of nitrogens with one attached hydrogen (secondary N) is 1. The van der Waals surface area contributed by atoms with E-state index in [0.29, 0.717) is 0 Å². The van der Waals surface area contributed by atoms with Crippen LogP contribution in [-0.4, -0.2) is 31.8 Å². The Hall–Kier alpha value is -0.770. The summed E-state index contributed by atoms with van der Waals surface area (Å²) in [5.41, 5.74) is 2.44. The van der Waals surface area contributed by atoms with Gasteiger partial charge in [0, 0.05) is 31.8 Å². The van der Waals surface area contributed by atoms with Crippen molar-refractivity contribution in [2.24, 2.45) is 0 Å². The van der Waals surface area contributed by atoms with Crippen LogP contribution < -0.4 is 10.2 Å². The minimum absolute atomic E-state index is 0.0853. The number of ether oxygens (including phenoxy) is 1. The van der Waals surface area contributed by atoms with Crippen LogP contribution in [0.15, 0.2) is 18.2 Å². The molecular weight excluding hydrogens is 284 g/mol. The standard InChI is InChI=1S/C17H29ClN2O/c1-6-20(11-12-21-7-2)16-14(9-8-10-15(16)18)13-19-17(3,4)5/h8-10,19H,6-7,11-13H2,1-5H3. The van der Waals surface area contributed by atoms with Crippen molar-refractivity contribution >= 4 is 17.3 Å². The number of likely N-dealkylation sites (N-methyl/N-ethyl adjacent to an activating group) is 1. The Morgan fingerprint density at radius 1 is 1.24 bits per heavy atom. The number of hydrogen-bond donors (Lipinski definition) is 1. The summed E-state index contributed by atoms with van der Waals surface area (Å²) < 4.78 is 5.48. The molecule has 1 aromatic rings. The number of anilines is 1. The highest BCUT2D eigenvalue weighted by atomic mass is 35.5. The summed E-state index contributed by atoms with van der Waals surface area (Å²) in [6.45, 7) is 14.7. The zero-order valence-corrected chi connectivity index (χ0v) is 14.8. The molecule has 120 valence electrons. The molecule has 0 amide bonds. The minimum atomic E-state index is 0.0853. The first-order chi connectivity index (χ1) is 9.89. The third kappa shape index (κ3) is 6.25. The van der Waals surface area contributed by atoms with Crippen LogP contribution in [-0.2, 0) is 11.3 Å². The number of nitrogens with zero attached hydrogens (tertiary/aromatic N) is 1. The van der Waals surface area contributed by atoms with Gasteiger partial charge in [0.15, 0.2) is 0 Å². The van der Waals surface area contributed by atoms with E-state index in [1.165, 1.54) is 5.56 Å². The van der Waals surface area contributed by atoms with E-state index in [4.69, 9.17) is 16.3 Å². The van der Waals surface area contributed by atoms with Crippen molar-refractivity contribution in [3.8, 4) is 0 Å². The molecule has 1 N–H and O–H groups in total. The fourth-order valence-electron chi connectivity index (χ4n) is 2.16. The summed E-state index contributed by atoms with van der Waals surface area (Å²) >= 11 is 6.46. The highest BCUT2D eigenvalue weighted by molar-refractivity contribution is 6.33. The van der Waals surface area contributed by atoms with Gasteiger partial charge in [-0.15, -0.1) is 0 Å². The van der Waals surface area contributed by atoms with Crippen molar-refractivity contribution in [3.05, 3.63) is 28.8 Å². The Kier molecular flexibility index (Phi) is 7.50. The maximum absolute atomic E-state index is 6.46. The Bertz CT molecular complexity index is 429. The quantitative estimate of drug-likeness (QED) is 0.732. The van der Waals surface area contributed by atoms with Crippen molar-refractivity contribution in [1.82, 2.24) is 5.32 Å². The van der Waals surface area contributed by atoms with E-state index in [2.05, 4.69) is 44.0 Å². The molecule has 0 bridgehead atoms. The van der Waals surface area contributed by atoms with Gasteiger partial charge < -0.3 is 15.0 Å². The lowest BCUT2D eigenvalue weighted by atomic mass is 10.1. The molecule has 0 saturated carbocycles. The van der Waals surface area contributed by atoms with Crippen molar-refractivity contribution < 1.29 is 4.74 Å². The van der Waals surface area contributed by atoms with Crippen LogP contribution in [0.2, 0.25) is 5.02 Å². The molecule has 0 unspecified atom stereocenters. The van der Waals surface area contributed by atoms with Gasteiger partial charge in [0.2, 0.25) is 0 Å². The van der Waals surface area contributed by atoms with E-state index < -0.39 is 0 Å². The summed E-state index contributed by atoms with van der Waals surface area (Å²) in [5.74, 6) is 0. The van der Waals surface area contributed by atoms with Gasteiger partial charge in [0.05, 0.1) is 17.3 Å². The topological polar surface area (TPSA) is 24.5 Å². The van der Waals surface area contributed by atoms with E-state index >= 15 is 0 Å². The number of benzene rings is 1. The van der Waals surface area contributed by atoms with Crippen molar-refractivity contribution in [2.45, 2.75) is 46.7 Å². The summed E-state index contributed by atoms with van der Waals surface area (Å²) in [4.78, 5) is 2.29.